The van der Waals surface area contributed by atoms with Gasteiger partial charge in [0.2, 0.25) is 0 Å². The topological polar surface area (TPSA) is 24.1 Å². The molecule has 2 aromatic rings. The van der Waals surface area contributed by atoms with Crippen molar-refractivity contribution in [1.29, 1.82) is 0 Å². The van der Waals surface area contributed by atoms with Gasteiger partial charge in [-0.2, -0.15) is 0 Å². The first-order chi connectivity index (χ1) is 10.8. The molecule has 0 radical (unpaired) electrons. The Balaban J connectivity index is 1.55. The number of nitrogens with one attached hydrogen (secondary N) is 2. The van der Waals surface area contributed by atoms with E-state index in [9.17, 15) is 0 Å². The molecule has 2 atom stereocenters. The number of rotatable bonds is 6. The van der Waals surface area contributed by atoms with E-state index in [1.165, 1.54) is 24.0 Å². The minimum Gasteiger partial charge on any atom is -0.312 e. The molecule has 2 heteroatoms. The summed E-state index contributed by atoms with van der Waals surface area (Å²) in [7, 11) is 0. The molecule has 0 unspecified atom stereocenters. The van der Waals surface area contributed by atoms with E-state index in [0.717, 1.165) is 19.6 Å². The van der Waals surface area contributed by atoms with Crippen LogP contribution in [0.1, 0.15) is 30.9 Å². The van der Waals surface area contributed by atoms with Crippen molar-refractivity contribution in [3.8, 4) is 0 Å². The maximum absolute atomic E-state index is 3.72. The summed E-state index contributed by atoms with van der Waals surface area (Å²) < 4.78 is 0. The van der Waals surface area contributed by atoms with Crippen molar-refractivity contribution in [1.82, 2.24) is 10.6 Å². The van der Waals surface area contributed by atoms with Crippen LogP contribution >= 0.6 is 0 Å². The van der Waals surface area contributed by atoms with Crippen molar-refractivity contribution in [2.45, 2.75) is 37.8 Å². The molecule has 1 fully saturated rings. The Hall–Kier alpha value is -1.64. The smallest absolute Gasteiger partial charge is 0.0206 e. The van der Waals surface area contributed by atoms with Crippen molar-refractivity contribution in [3.05, 3.63) is 71.8 Å². The van der Waals surface area contributed by atoms with Gasteiger partial charge in [-0.25, -0.2) is 0 Å². The Morgan fingerprint density at radius 1 is 1.05 bits per heavy atom. The highest BCUT2D eigenvalue weighted by molar-refractivity contribution is 5.28. The molecule has 0 aromatic heterocycles. The van der Waals surface area contributed by atoms with Gasteiger partial charge in [-0.3, -0.25) is 0 Å². The fraction of sp³-hybridized carbons (Fsp3) is 0.400. The quantitative estimate of drug-likeness (QED) is 0.852. The molecule has 0 bridgehead atoms. The Kier molecular flexibility index (Phi) is 4.91. The van der Waals surface area contributed by atoms with Crippen molar-refractivity contribution in [2.24, 2.45) is 0 Å². The Labute approximate surface area is 134 Å². The van der Waals surface area contributed by atoms with Gasteiger partial charge >= 0.3 is 0 Å². The van der Waals surface area contributed by atoms with Crippen LogP contribution < -0.4 is 10.6 Å². The first kappa shape index (κ1) is 15.3. The predicted molar refractivity (Wildman–Crippen MR) is 93.0 cm³/mol. The van der Waals surface area contributed by atoms with Crippen LogP contribution in [0.25, 0.3) is 0 Å². The molecular formula is C20H26N2. The third-order valence-electron chi connectivity index (χ3n) is 4.99. The molecule has 22 heavy (non-hydrogen) atoms. The van der Waals surface area contributed by atoms with Gasteiger partial charge < -0.3 is 10.6 Å². The van der Waals surface area contributed by atoms with E-state index in [0.29, 0.717) is 11.5 Å². The summed E-state index contributed by atoms with van der Waals surface area (Å²) in [5.41, 5.74) is 3.14. The van der Waals surface area contributed by atoms with Crippen molar-refractivity contribution >= 4 is 0 Å². The highest BCUT2D eigenvalue weighted by Gasteiger charge is 2.38. The lowest BCUT2D eigenvalue weighted by atomic mass is 9.76. The zero-order valence-electron chi connectivity index (χ0n) is 13.4. The monoisotopic (exact) mass is 294 g/mol. The lowest BCUT2D eigenvalue weighted by Gasteiger charge is -2.27. The SMILES string of the molecule is CC[C@@]1(c2ccccc2)CN[C@@H](CNCc2ccccc2)C1. The van der Waals surface area contributed by atoms with Crippen LogP contribution in [0.4, 0.5) is 0 Å². The molecule has 0 amide bonds. The van der Waals surface area contributed by atoms with Crippen LogP contribution in [0.15, 0.2) is 60.7 Å². The van der Waals surface area contributed by atoms with Gasteiger partial charge in [-0.15, -0.1) is 0 Å². The molecule has 0 spiro atoms. The molecule has 1 aliphatic rings. The molecule has 0 saturated carbocycles. The van der Waals surface area contributed by atoms with Gasteiger partial charge in [0.15, 0.2) is 0 Å². The maximum atomic E-state index is 3.72. The zero-order valence-corrected chi connectivity index (χ0v) is 13.4. The molecule has 0 aliphatic carbocycles. The Morgan fingerprint density at radius 2 is 1.73 bits per heavy atom. The lowest BCUT2D eigenvalue weighted by molar-refractivity contribution is 0.435. The second-order valence-corrected chi connectivity index (χ2v) is 6.40. The maximum Gasteiger partial charge on any atom is 0.0206 e. The summed E-state index contributed by atoms with van der Waals surface area (Å²) in [5, 5.41) is 7.32. The third-order valence-corrected chi connectivity index (χ3v) is 4.99. The van der Waals surface area contributed by atoms with Gasteiger partial charge in [-0.1, -0.05) is 67.6 Å². The second-order valence-electron chi connectivity index (χ2n) is 6.40. The Morgan fingerprint density at radius 3 is 2.41 bits per heavy atom. The van der Waals surface area contributed by atoms with Crippen molar-refractivity contribution in [3.63, 3.8) is 0 Å². The summed E-state index contributed by atoms with van der Waals surface area (Å²) in [6, 6.07) is 22.2. The van der Waals surface area contributed by atoms with Gasteiger partial charge in [0.25, 0.3) is 0 Å². The van der Waals surface area contributed by atoms with Crippen LogP contribution in [0.2, 0.25) is 0 Å². The molecule has 2 nitrogen and oxygen atoms in total. The van der Waals surface area contributed by atoms with Crippen LogP contribution in [-0.2, 0) is 12.0 Å². The van der Waals surface area contributed by atoms with Crippen LogP contribution in [0, 0.1) is 0 Å². The van der Waals surface area contributed by atoms with Crippen LogP contribution in [0.5, 0.6) is 0 Å². The average Bonchev–Trinajstić information content (AvgIpc) is 3.01. The normalized spacial score (nSPS) is 24.5. The summed E-state index contributed by atoms with van der Waals surface area (Å²) in [5.74, 6) is 0. The lowest BCUT2D eigenvalue weighted by Crippen LogP contribution is -2.33. The third kappa shape index (κ3) is 3.40. The molecule has 116 valence electrons. The summed E-state index contributed by atoms with van der Waals surface area (Å²) in [4.78, 5) is 0. The van der Waals surface area contributed by atoms with Gasteiger partial charge in [0, 0.05) is 31.1 Å². The van der Waals surface area contributed by atoms with Crippen molar-refractivity contribution in [2.75, 3.05) is 13.1 Å². The van der Waals surface area contributed by atoms with Gasteiger partial charge in [-0.05, 0) is 24.0 Å². The largest absolute Gasteiger partial charge is 0.312 e. The second kappa shape index (κ2) is 7.08. The fourth-order valence-electron chi connectivity index (χ4n) is 3.57. The van der Waals surface area contributed by atoms with E-state index in [-0.39, 0.29) is 0 Å². The molecule has 1 aliphatic heterocycles. The average molecular weight is 294 g/mol. The number of benzene rings is 2. The number of hydrogen-bond donors (Lipinski definition) is 2. The molecule has 1 saturated heterocycles. The van der Waals surface area contributed by atoms with Gasteiger partial charge in [0.1, 0.15) is 0 Å². The van der Waals surface area contributed by atoms with E-state index in [4.69, 9.17) is 0 Å². The standard InChI is InChI=1S/C20H26N2/c1-2-20(18-11-7-4-8-12-18)13-19(22-16-20)15-21-14-17-9-5-3-6-10-17/h3-12,19,21-22H,2,13-16H2,1H3/t19-,20+/m1/s1. The summed E-state index contributed by atoms with van der Waals surface area (Å²) >= 11 is 0. The fourth-order valence-corrected chi connectivity index (χ4v) is 3.57. The predicted octanol–water partition coefficient (Wildman–Crippen LogP) is 3.49. The van der Waals surface area contributed by atoms with E-state index in [2.05, 4.69) is 78.2 Å². The van der Waals surface area contributed by atoms with Crippen LogP contribution in [-0.4, -0.2) is 19.1 Å². The minimum absolute atomic E-state index is 0.306. The Bertz CT molecular complexity index is 567. The highest BCUT2D eigenvalue weighted by Crippen LogP contribution is 2.36. The first-order valence-corrected chi connectivity index (χ1v) is 8.36. The van der Waals surface area contributed by atoms with E-state index in [1.54, 1.807) is 0 Å². The summed E-state index contributed by atoms with van der Waals surface area (Å²) in [6.45, 7) is 5.38. The van der Waals surface area contributed by atoms with Crippen LogP contribution in [0.3, 0.4) is 0 Å². The molecule has 1 heterocycles. The zero-order chi connectivity index (χ0) is 15.3. The summed E-state index contributed by atoms with van der Waals surface area (Å²) in [6.07, 6.45) is 2.41. The van der Waals surface area contributed by atoms with Crippen molar-refractivity contribution < 1.29 is 0 Å². The van der Waals surface area contributed by atoms with E-state index < -0.39 is 0 Å². The van der Waals surface area contributed by atoms with E-state index >= 15 is 0 Å². The molecule has 2 aromatic carbocycles. The number of hydrogen-bond acceptors (Lipinski definition) is 2. The van der Waals surface area contributed by atoms with Gasteiger partial charge in [0.05, 0.1) is 0 Å². The molecule has 2 N–H and O–H groups in total. The highest BCUT2D eigenvalue weighted by atomic mass is 15.0. The van der Waals surface area contributed by atoms with E-state index in [1.807, 2.05) is 0 Å². The first-order valence-electron chi connectivity index (χ1n) is 8.36. The molecular weight excluding hydrogens is 268 g/mol. The molecule has 3 rings (SSSR count). The minimum atomic E-state index is 0.306.